The largest absolute Gasteiger partial charge is 0.481 e. The number of ether oxygens (including phenoxy) is 1. The first-order valence-corrected chi connectivity index (χ1v) is 18.0. The van der Waals surface area contributed by atoms with Crippen molar-refractivity contribution >= 4 is 23.7 Å². The first kappa shape index (κ1) is 34.0. The summed E-state index contributed by atoms with van der Waals surface area (Å²) in [5.41, 5.74) is 7.77. The number of rotatable bonds is 6. The molecule has 9 atom stereocenters. The number of nitrogens with two attached hydrogens (primary N) is 1. The third kappa shape index (κ3) is 5.13. The van der Waals surface area contributed by atoms with Gasteiger partial charge in [-0.1, -0.05) is 52.7 Å². The number of fused-ring (bicyclic) bond motifs is 7. The summed E-state index contributed by atoms with van der Waals surface area (Å²) in [5.74, 6) is -2.65. The fraction of sp³-hybridized carbons (Fsp3) is 0.744. The third-order valence-electron chi connectivity index (χ3n) is 15.2. The molecule has 0 heterocycles. The van der Waals surface area contributed by atoms with Crippen molar-refractivity contribution < 1.29 is 34.1 Å². The van der Waals surface area contributed by atoms with E-state index in [1.54, 1.807) is 0 Å². The predicted molar refractivity (Wildman–Crippen MR) is 178 cm³/mol. The minimum absolute atomic E-state index is 0.0283. The molecule has 0 radical (unpaired) electrons. The molecule has 0 aromatic rings. The van der Waals surface area contributed by atoms with Crippen molar-refractivity contribution in [3.8, 4) is 0 Å². The molecule has 0 amide bonds. The maximum Gasteiger partial charge on any atom is 0.332 e. The Labute approximate surface area is 279 Å². The molecule has 5 saturated carbocycles. The first-order valence-electron chi connectivity index (χ1n) is 18.0. The molecule has 4 N–H and O–H groups in total. The number of aliphatic carboxylic acids is 2. The Morgan fingerprint density at radius 2 is 1.66 bits per heavy atom. The number of carboxylic acids is 2. The van der Waals surface area contributed by atoms with Crippen LogP contribution in [0.25, 0.3) is 0 Å². The molecule has 258 valence electrons. The summed E-state index contributed by atoms with van der Waals surface area (Å²) in [6, 6.07) is 0. The van der Waals surface area contributed by atoms with Crippen molar-refractivity contribution in [2.75, 3.05) is 0 Å². The highest BCUT2D eigenvalue weighted by atomic mass is 16.5. The summed E-state index contributed by atoms with van der Waals surface area (Å²) in [6.45, 7) is 13.6. The molecule has 0 spiro atoms. The highest BCUT2D eigenvalue weighted by Crippen LogP contribution is 2.74. The Morgan fingerprint density at radius 3 is 2.28 bits per heavy atom. The van der Waals surface area contributed by atoms with Crippen LogP contribution in [-0.2, 0) is 23.9 Å². The molecule has 8 heteroatoms. The van der Waals surface area contributed by atoms with Crippen molar-refractivity contribution in [3.63, 3.8) is 0 Å². The lowest BCUT2D eigenvalue weighted by Crippen LogP contribution is -2.66. The fourth-order valence-corrected chi connectivity index (χ4v) is 11.9. The van der Waals surface area contributed by atoms with Gasteiger partial charge in [0.1, 0.15) is 6.10 Å². The van der Waals surface area contributed by atoms with E-state index in [-0.39, 0.29) is 63.1 Å². The van der Waals surface area contributed by atoms with Gasteiger partial charge in [0.15, 0.2) is 5.78 Å². The Morgan fingerprint density at radius 1 is 0.957 bits per heavy atom. The second kappa shape index (κ2) is 11.3. The Balaban J connectivity index is 1.26. The number of carbonyl (C=O) groups excluding carboxylic acids is 2. The van der Waals surface area contributed by atoms with E-state index < -0.39 is 29.4 Å². The SMILES string of the molecule is CC12CCC(C(=O)O)CC1C1=CC(=O)C3C4(C)CCC(OC(=O)/C=C(/CC(N)=C5CCC5)C(=O)O)C(C)(C)C4CCC3(C)C1(C)CC2. The molecule has 0 saturated heterocycles. The molecular weight excluding hydrogens is 594 g/mol. The van der Waals surface area contributed by atoms with Crippen LogP contribution < -0.4 is 5.73 Å². The zero-order valence-corrected chi connectivity index (χ0v) is 29.2. The molecule has 6 aliphatic rings. The Hall–Kier alpha value is -2.90. The molecule has 5 fully saturated rings. The summed E-state index contributed by atoms with van der Waals surface area (Å²) in [6.07, 6.45) is 12.9. The van der Waals surface area contributed by atoms with Crippen molar-refractivity contribution in [2.45, 2.75) is 131 Å². The van der Waals surface area contributed by atoms with Crippen LogP contribution in [0.15, 0.2) is 34.6 Å². The molecule has 0 aromatic carbocycles. The van der Waals surface area contributed by atoms with Crippen molar-refractivity contribution in [1.82, 2.24) is 0 Å². The van der Waals surface area contributed by atoms with E-state index in [9.17, 15) is 29.4 Å². The minimum Gasteiger partial charge on any atom is -0.481 e. The Kier molecular flexibility index (Phi) is 8.19. The van der Waals surface area contributed by atoms with Crippen LogP contribution in [0.1, 0.15) is 125 Å². The number of esters is 1. The number of carboxylic acid groups (broad SMARTS) is 2. The van der Waals surface area contributed by atoms with Crippen molar-refractivity contribution in [2.24, 2.45) is 56.5 Å². The zero-order valence-electron chi connectivity index (χ0n) is 29.2. The van der Waals surface area contributed by atoms with Gasteiger partial charge in [0, 0.05) is 29.5 Å². The smallest absolute Gasteiger partial charge is 0.332 e. The molecule has 9 unspecified atom stereocenters. The van der Waals surface area contributed by atoms with Crippen LogP contribution in [0.5, 0.6) is 0 Å². The second-order valence-corrected chi connectivity index (χ2v) is 17.7. The minimum atomic E-state index is -1.17. The second-order valence-electron chi connectivity index (χ2n) is 17.7. The van der Waals surface area contributed by atoms with Gasteiger partial charge >= 0.3 is 17.9 Å². The predicted octanol–water partition coefficient (Wildman–Crippen LogP) is 7.37. The average molecular weight is 650 g/mol. The molecule has 6 aliphatic carbocycles. The van der Waals surface area contributed by atoms with Crippen LogP contribution in [0.2, 0.25) is 0 Å². The number of ketones is 1. The van der Waals surface area contributed by atoms with E-state index in [1.807, 2.05) is 6.08 Å². The van der Waals surface area contributed by atoms with Gasteiger partial charge in [0.2, 0.25) is 0 Å². The van der Waals surface area contributed by atoms with Gasteiger partial charge in [-0.3, -0.25) is 9.59 Å². The summed E-state index contributed by atoms with van der Waals surface area (Å²) in [5, 5.41) is 19.7. The normalized spacial score (nSPS) is 42.4. The van der Waals surface area contributed by atoms with Gasteiger partial charge in [-0.15, -0.1) is 0 Å². The maximum absolute atomic E-state index is 14.5. The molecule has 0 bridgehead atoms. The van der Waals surface area contributed by atoms with E-state index in [0.717, 1.165) is 69.4 Å². The van der Waals surface area contributed by atoms with Gasteiger partial charge in [-0.25, -0.2) is 9.59 Å². The monoisotopic (exact) mass is 649 g/mol. The van der Waals surface area contributed by atoms with E-state index in [1.165, 1.54) is 5.57 Å². The quantitative estimate of drug-likeness (QED) is 0.200. The molecular formula is C39H55NO7. The fourth-order valence-electron chi connectivity index (χ4n) is 11.9. The van der Waals surface area contributed by atoms with Gasteiger partial charge in [-0.2, -0.15) is 0 Å². The van der Waals surface area contributed by atoms with Crippen LogP contribution in [0, 0.1) is 50.7 Å². The van der Waals surface area contributed by atoms with Crippen molar-refractivity contribution in [3.05, 3.63) is 34.6 Å². The lowest BCUT2D eigenvalue weighted by atomic mass is 9.33. The lowest BCUT2D eigenvalue weighted by Gasteiger charge is -2.70. The van der Waals surface area contributed by atoms with E-state index in [0.29, 0.717) is 25.0 Å². The van der Waals surface area contributed by atoms with E-state index >= 15 is 0 Å². The number of carbonyl (C=O) groups is 4. The van der Waals surface area contributed by atoms with Crippen molar-refractivity contribution in [1.29, 1.82) is 0 Å². The van der Waals surface area contributed by atoms with Gasteiger partial charge in [-0.05, 0) is 117 Å². The van der Waals surface area contributed by atoms with Crippen LogP contribution in [-0.4, -0.2) is 40.0 Å². The molecule has 0 aliphatic heterocycles. The molecule has 8 nitrogen and oxygen atoms in total. The van der Waals surface area contributed by atoms with Gasteiger partial charge in [0.25, 0.3) is 0 Å². The van der Waals surface area contributed by atoms with Gasteiger partial charge < -0.3 is 20.7 Å². The topological polar surface area (TPSA) is 144 Å². The zero-order chi connectivity index (χ0) is 34.3. The number of hydrogen-bond donors (Lipinski definition) is 3. The number of allylic oxidation sites excluding steroid dienone is 4. The number of hydrogen-bond acceptors (Lipinski definition) is 6. The summed E-state index contributed by atoms with van der Waals surface area (Å²) in [7, 11) is 0. The lowest BCUT2D eigenvalue weighted by molar-refractivity contribution is -0.209. The molecule has 6 rings (SSSR count). The molecule has 0 aromatic heterocycles. The maximum atomic E-state index is 14.5. The average Bonchev–Trinajstić information content (AvgIpc) is 2.94. The summed E-state index contributed by atoms with van der Waals surface area (Å²) in [4.78, 5) is 51.8. The van der Waals surface area contributed by atoms with Crippen LogP contribution in [0.3, 0.4) is 0 Å². The highest BCUT2D eigenvalue weighted by molar-refractivity contribution is 5.96. The van der Waals surface area contributed by atoms with Gasteiger partial charge in [0.05, 0.1) is 11.5 Å². The third-order valence-corrected chi connectivity index (χ3v) is 15.2. The molecule has 47 heavy (non-hydrogen) atoms. The van der Waals surface area contributed by atoms with E-state index in [4.69, 9.17) is 10.5 Å². The Bertz CT molecular complexity index is 1480. The standard InChI is InChI=1S/C39H55NO7/c1-35(2)29-11-15-39(6)32(28(41)21-26-25-18-23(33(43)44)10-13-36(25,3)16-17-38(26,39)5)37(29,4)14-12-30(35)47-31(42)20-24(34(45)46)19-27(40)22-8-7-9-22/h20-21,23,25,29-30,32H,7-19,40H2,1-6H3,(H,43,44)(H,45,46)/b24-20-. The van der Waals surface area contributed by atoms with E-state index in [2.05, 4.69) is 41.5 Å². The van der Waals surface area contributed by atoms with Crippen LogP contribution in [0.4, 0.5) is 0 Å². The highest BCUT2D eigenvalue weighted by Gasteiger charge is 2.70. The summed E-state index contributed by atoms with van der Waals surface area (Å²) < 4.78 is 6.08. The summed E-state index contributed by atoms with van der Waals surface area (Å²) >= 11 is 0. The van der Waals surface area contributed by atoms with Crippen LogP contribution >= 0.6 is 0 Å². The first-order chi connectivity index (χ1) is 21.9.